The second-order valence-corrected chi connectivity index (χ2v) is 8.16. The molecule has 1 amide bonds. The third-order valence-corrected chi connectivity index (χ3v) is 5.42. The van der Waals surface area contributed by atoms with E-state index < -0.39 is 35.9 Å². The van der Waals surface area contributed by atoms with Crippen molar-refractivity contribution < 1.29 is 27.4 Å². The van der Waals surface area contributed by atoms with Crippen molar-refractivity contribution in [3.05, 3.63) is 41.7 Å². The van der Waals surface area contributed by atoms with Crippen LogP contribution in [0.5, 0.6) is 11.5 Å². The number of amides is 1. The molecule has 1 aliphatic carbocycles. The molecule has 11 heteroatoms. The Bertz CT molecular complexity index is 1270. The maximum atomic E-state index is 13.2. The number of aromatic nitrogens is 3. The molecule has 1 N–H and O–H groups in total. The molecule has 0 spiro atoms. The van der Waals surface area contributed by atoms with Crippen molar-refractivity contribution in [1.29, 1.82) is 5.26 Å². The molecule has 0 aliphatic heterocycles. The summed E-state index contributed by atoms with van der Waals surface area (Å²) in [6.07, 6.45) is 2.00. The van der Waals surface area contributed by atoms with Crippen LogP contribution >= 0.6 is 0 Å². The minimum absolute atomic E-state index is 0.0334. The number of nitrogens with one attached hydrogen (secondary N) is 1. The average molecular weight is 459 g/mol. The van der Waals surface area contributed by atoms with E-state index in [9.17, 15) is 23.2 Å². The number of carbonyl (C=O) groups excluding carboxylic acids is 1. The van der Waals surface area contributed by atoms with Crippen LogP contribution in [0.1, 0.15) is 36.2 Å². The molecule has 2 heterocycles. The number of hydrogen-bond acceptors (Lipinski definition) is 6. The van der Waals surface area contributed by atoms with E-state index in [0.29, 0.717) is 22.5 Å². The molecule has 172 valence electrons. The van der Waals surface area contributed by atoms with E-state index in [-0.39, 0.29) is 17.7 Å². The molecule has 8 nitrogen and oxygen atoms in total. The van der Waals surface area contributed by atoms with E-state index in [1.165, 1.54) is 36.2 Å². The van der Waals surface area contributed by atoms with Crippen molar-refractivity contribution in [2.75, 3.05) is 7.11 Å². The fourth-order valence-corrected chi connectivity index (χ4v) is 3.34. The van der Waals surface area contributed by atoms with Gasteiger partial charge < -0.3 is 14.8 Å². The lowest BCUT2D eigenvalue weighted by molar-refractivity contribution is -0.0502. The minimum Gasteiger partial charge on any atom is -0.496 e. The van der Waals surface area contributed by atoms with E-state index in [4.69, 9.17) is 4.74 Å². The molecule has 3 aromatic rings. The smallest absolute Gasteiger partial charge is 0.387 e. The van der Waals surface area contributed by atoms with Crippen LogP contribution < -0.4 is 14.8 Å². The van der Waals surface area contributed by atoms with Gasteiger partial charge in [-0.05, 0) is 37.6 Å². The highest BCUT2D eigenvalue weighted by Gasteiger charge is 2.40. The minimum atomic E-state index is -3.21. The number of halogens is 3. The number of alkyl halides is 3. The Labute approximate surface area is 186 Å². The van der Waals surface area contributed by atoms with Crippen LogP contribution in [0.15, 0.2) is 30.6 Å². The Hall–Kier alpha value is -3.81. The number of hydrogen-bond donors (Lipinski definition) is 1. The Balaban J connectivity index is 1.80. The molecule has 1 fully saturated rings. The lowest BCUT2D eigenvalue weighted by Gasteiger charge is -2.17. The van der Waals surface area contributed by atoms with Crippen LogP contribution in [-0.4, -0.2) is 46.4 Å². The molecule has 1 saturated carbocycles. The largest absolute Gasteiger partial charge is 0.496 e. The molecule has 0 saturated heterocycles. The maximum absolute atomic E-state index is 13.2. The first-order valence-corrected chi connectivity index (χ1v) is 10.0. The zero-order valence-electron chi connectivity index (χ0n) is 18.0. The summed E-state index contributed by atoms with van der Waals surface area (Å²) in [6.45, 7) is 0.293. The molecule has 0 radical (unpaired) electrons. The molecular formula is C22H20F3N5O3. The number of nitrogens with zero attached hydrogens (tertiary/aromatic N) is 4. The lowest BCUT2D eigenvalue weighted by atomic mass is 9.88. The van der Waals surface area contributed by atoms with E-state index >= 15 is 0 Å². The highest BCUT2D eigenvalue weighted by atomic mass is 19.3. The third kappa shape index (κ3) is 4.28. The summed E-state index contributed by atoms with van der Waals surface area (Å²) in [4.78, 5) is 17.0. The molecular weight excluding hydrogens is 439 g/mol. The van der Waals surface area contributed by atoms with Gasteiger partial charge in [-0.2, -0.15) is 19.1 Å². The summed E-state index contributed by atoms with van der Waals surface area (Å²) in [5.41, 5.74) is 0.818. The fourth-order valence-electron chi connectivity index (χ4n) is 3.34. The van der Waals surface area contributed by atoms with Gasteiger partial charge in [0.1, 0.15) is 23.2 Å². The van der Waals surface area contributed by atoms with Crippen LogP contribution in [0.2, 0.25) is 0 Å². The quantitative estimate of drug-likeness (QED) is 0.579. The highest BCUT2D eigenvalue weighted by Crippen LogP contribution is 2.37. The van der Waals surface area contributed by atoms with E-state index in [1.807, 2.05) is 0 Å². The molecule has 1 aromatic carbocycles. The van der Waals surface area contributed by atoms with Gasteiger partial charge in [-0.1, -0.05) is 0 Å². The van der Waals surface area contributed by atoms with Gasteiger partial charge in [0.15, 0.2) is 5.65 Å². The first-order valence-electron chi connectivity index (χ1n) is 10.0. The number of ether oxygens (including phenoxy) is 2. The number of nitriles is 1. The molecule has 0 bridgehead atoms. The van der Waals surface area contributed by atoms with Crippen molar-refractivity contribution in [2.45, 2.75) is 44.5 Å². The van der Waals surface area contributed by atoms with Crippen LogP contribution in [0.4, 0.5) is 13.2 Å². The van der Waals surface area contributed by atoms with E-state index in [2.05, 4.69) is 26.2 Å². The van der Waals surface area contributed by atoms with Crippen LogP contribution in [0.3, 0.4) is 0 Å². The highest BCUT2D eigenvalue weighted by molar-refractivity contribution is 6.01. The molecule has 2 aromatic heterocycles. The van der Waals surface area contributed by atoms with Crippen LogP contribution in [-0.2, 0) is 5.41 Å². The molecule has 4 rings (SSSR count). The van der Waals surface area contributed by atoms with Gasteiger partial charge in [-0.15, -0.1) is 0 Å². The monoisotopic (exact) mass is 459 g/mol. The number of imidazole rings is 1. The van der Waals surface area contributed by atoms with Gasteiger partial charge in [0.05, 0.1) is 42.7 Å². The zero-order chi connectivity index (χ0) is 23.9. The summed E-state index contributed by atoms with van der Waals surface area (Å²) in [6, 6.07) is 5.95. The third-order valence-electron chi connectivity index (χ3n) is 5.42. The summed E-state index contributed by atoms with van der Waals surface area (Å²) >= 11 is 0. The van der Waals surface area contributed by atoms with Gasteiger partial charge in [0, 0.05) is 12.0 Å². The maximum Gasteiger partial charge on any atom is 0.387 e. The van der Waals surface area contributed by atoms with E-state index in [0.717, 1.165) is 0 Å². The first kappa shape index (κ1) is 22.4. The predicted molar refractivity (Wildman–Crippen MR) is 111 cm³/mol. The Kier molecular flexibility index (Phi) is 5.61. The number of benzene rings is 1. The van der Waals surface area contributed by atoms with E-state index in [1.54, 1.807) is 19.9 Å². The summed E-state index contributed by atoms with van der Waals surface area (Å²) in [5.74, 6) is -1.24. The Morgan fingerprint density at radius 1 is 1.30 bits per heavy atom. The van der Waals surface area contributed by atoms with Gasteiger partial charge in [-0.3, -0.25) is 4.79 Å². The second-order valence-electron chi connectivity index (χ2n) is 8.16. The number of carbonyl (C=O) groups is 1. The topological polar surface area (TPSA) is 102 Å². The van der Waals surface area contributed by atoms with Crippen LogP contribution in [0, 0.1) is 11.3 Å². The molecule has 2 atom stereocenters. The van der Waals surface area contributed by atoms with Crippen molar-refractivity contribution in [2.24, 2.45) is 0 Å². The Morgan fingerprint density at radius 3 is 2.61 bits per heavy atom. The first-order chi connectivity index (χ1) is 15.6. The molecule has 33 heavy (non-hydrogen) atoms. The molecule has 1 aliphatic rings. The summed E-state index contributed by atoms with van der Waals surface area (Å²) in [7, 11) is 1.28. The standard InChI is InChI=1S/C22H20F3N5O3/c1-22(2,10-26)12-6-18-27-9-15(30(18)28-8-12)11-4-16(32-3)19(17(5-11)33-21(24)25)20(31)29-14-7-13(14)23/h4-6,8-9,13-14,21H,7H2,1-3H3,(H,29,31)/t13-,14+/m0/s1. The SMILES string of the molecule is COc1cc(-c2cnc3cc(C(C)(C)C#N)cnn23)cc(OC(F)F)c1C(=O)N[C@@H]1C[C@@H]1F. The number of methoxy groups -OCH3 is 1. The van der Waals surface area contributed by atoms with Crippen LogP contribution in [0.25, 0.3) is 16.9 Å². The normalized spacial score (nSPS) is 17.6. The Morgan fingerprint density at radius 2 is 2.00 bits per heavy atom. The zero-order valence-corrected chi connectivity index (χ0v) is 18.0. The van der Waals surface area contributed by atoms with Gasteiger partial charge >= 0.3 is 6.61 Å². The van der Waals surface area contributed by atoms with Crippen molar-refractivity contribution in [1.82, 2.24) is 19.9 Å². The van der Waals surface area contributed by atoms with Crippen molar-refractivity contribution in [3.63, 3.8) is 0 Å². The lowest BCUT2D eigenvalue weighted by Crippen LogP contribution is -2.28. The summed E-state index contributed by atoms with van der Waals surface area (Å²) in [5, 5.41) is 16.1. The van der Waals surface area contributed by atoms with Gasteiger partial charge in [0.25, 0.3) is 5.91 Å². The predicted octanol–water partition coefficient (Wildman–Crippen LogP) is 3.65. The average Bonchev–Trinajstić information content (AvgIpc) is 3.30. The second kappa shape index (κ2) is 8.27. The fraction of sp³-hybridized carbons (Fsp3) is 0.364. The molecule has 0 unspecified atom stereocenters. The number of fused-ring (bicyclic) bond motifs is 1. The van der Waals surface area contributed by atoms with Gasteiger partial charge in [0.2, 0.25) is 0 Å². The number of rotatable bonds is 7. The van der Waals surface area contributed by atoms with Gasteiger partial charge in [-0.25, -0.2) is 13.9 Å². The van der Waals surface area contributed by atoms with Crippen molar-refractivity contribution >= 4 is 11.6 Å². The summed E-state index contributed by atoms with van der Waals surface area (Å²) < 4.78 is 50.9. The van der Waals surface area contributed by atoms with Crippen molar-refractivity contribution in [3.8, 4) is 28.8 Å².